The average Bonchev–Trinajstić information content (AvgIpc) is 3.25. The van der Waals surface area contributed by atoms with Crippen LogP contribution in [0.2, 0.25) is 0 Å². The number of hydrogen-bond acceptors (Lipinski definition) is 4. The number of hydrogen-bond donors (Lipinski definition) is 1. The van der Waals surface area contributed by atoms with Crippen LogP contribution in [0.4, 0.5) is 5.69 Å². The standard InChI is InChI=1S/C26H31N5O3/c1-28-20-12-11-19(15-23(20)29(2)26(28)34)27-24(32)17-30-14-13-22-21(30)9-6-10-25(33)31(22)16-18-7-4-3-5-8-18/h3-5,7-8,11-12,15,21-22H,6,9-10,13-14,16-17H2,1-2H3,(H,27,32)/t21-,22-/m0/s1. The van der Waals surface area contributed by atoms with Crippen LogP contribution in [0.3, 0.4) is 0 Å². The molecule has 0 unspecified atom stereocenters. The van der Waals surface area contributed by atoms with Gasteiger partial charge in [0.05, 0.1) is 17.6 Å². The summed E-state index contributed by atoms with van der Waals surface area (Å²) in [6.07, 6.45) is 3.22. The van der Waals surface area contributed by atoms with E-state index in [-0.39, 0.29) is 29.6 Å². The smallest absolute Gasteiger partial charge is 0.328 e. The Morgan fingerprint density at radius 1 is 0.971 bits per heavy atom. The van der Waals surface area contributed by atoms with Crippen LogP contribution in [0.15, 0.2) is 53.3 Å². The molecule has 0 saturated carbocycles. The lowest BCUT2D eigenvalue weighted by Crippen LogP contribution is -2.47. The van der Waals surface area contributed by atoms with E-state index >= 15 is 0 Å². The number of amides is 2. The second kappa shape index (κ2) is 9.10. The maximum Gasteiger partial charge on any atom is 0.328 e. The monoisotopic (exact) mass is 461 g/mol. The number of carbonyl (C=O) groups is 2. The first-order valence-electron chi connectivity index (χ1n) is 11.9. The molecule has 3 aromatic rings. The van der Waals surface area contributed by atoms with E-state index in [2.05, 4.69) is 22.3 Å². The summed E-state index contributed by atoms with van der Waals surface area (Å²) in [7, 11) is 3.47. The lowest BCUT2D eigenvalue weighted by atomic mass is 10.0. The minimum atomic E-state index is -0.0930. The van der Waals surface area contributed by atoms with Gasteiger partial charge in [0.15, 0.2) is 0 Å². The van der Waals surface area contributed by atoms with Gasteiger partial charge in [0.25, 0.3) is 0 Å². The molecule has 3 heterocycles. The summed E-state index contributed by atoms with van der Waals surface area (Å²) in [6.45, 7) is 1.71. The van der Waals surface area contributed by atoms with Gasteiger partial charge in [-0.15, -0.1) is 0 Å². The van der Waals surface area contributed by atoms with Crippen LogP contribution in [-0.2, 0) is 30.2 Å². The number of anilines is 1. The van der Waals surface area contributed by atoms with Crippen molar-refractivity contribution in [3.63, 3.8) is 0 Å². The molecular formula is C26H31N5O3. The van der Waals surface area contributed by atoms with Gasteiger partial charge in [-0.2, -0.15) is 0 Å². The Morgan fingerprint density at radius 2 is 1.74 bits per heavy atom. The summed E-state index contributed by atoms with van der Waals surface area (Å²) >= 11 is 0. The first-order chi connectivity index (χ1) is 16.4. The number of carbonyl (C=O) groups excluding carboxylic acids is 2. The Labute approximate surface area is 198 Å². The van der Waals surface area contributed by atoms with Crippen LogP contribution in [0.5, 0.6) is 0 Å². The SMILES string of the molecule is Cn1c(=O)n(C)c2cc(NC(=O)CN3CC[C@H]4[C@@H]3CCCC(=O)N4Cc3ccccc3)ccc21. The maximum atomic E-state index is 13.0. The molecule has 1 N–H and O–H groups in total. The van der Waals surface area contributed by atoms with Gasteiger partial charge in [0.2, 0.25) is 11.8 Å². The van der Waals surface area contributed by atoms with Gasteiger partial charge in [0.1, 0.15) is 0 Å². The molecule has 34 heavy (non-hydrogen) atoms. The van der Waals surface area contributed by atoms with Crippen molar-refractivity contribution >= 4 is 28.5 Å². The fraction of sp³-hybridized carbons (Fsp3) is 0.423. The first kappa shape index (κ1) is 22.4. The molecule has 2 saturated heterocycles. The zero-order chi connectivity index (χ0) is 23.8. The topological polar surface area (TPSA) is 79.6 Å². The number of benzene rings is 2. The molecule has 0 aliphatic carbocycles. The second-order valence-corrected chi connectivity index (χ2v) is 9.45. The molecule has 178 valence electrons. The van der Waals surface area contributed by atoms with Gasteiger partial charge < -0.3 is 10.2 Å². The Kier molecular flexibility index (Phi) is 6.00. The molecule has 2 aliphatic heterocycles. The van der Waals surface area contributed by atoms with E-state index in [1.54, 1.807) is 23.2 Å². The maximum absolute atomic E-state index is 13.0. The molecule has 0 radical (unpaired) electrons. The van der Waals surface area contributed by atoms with Crippen LogP contribution < -0.4 is 11.0 Å². The van der Waals surface area contributed by atoms with Gasteiger partial charge in [0, 0.05) is 51.4 Å². The highest BCUT2D eigenvalue weighted by atomic mass is 16.2. The predicted molar refractivity (Wildman–Crippen MR) is 131 cm³/mol. The number of imidazole rings is 1. The molecule has 2 fully saturated rings. The zero-order valence-corrected chi connectivity index (χ0v) is 19.7. The number of aromatic nitrogens is 2. The van der Waals surface area contributed by atoms with E-state index in [0.29, 0.717) is 25.2 Å². The molecule has 0 spiro atoms. The van der Waals surface area contributed by atoms with Crippen molar-refractivity contribution < 1.29 is 9.59 Å². The van der Waals surface area contributed by atoms with E-state index in [4.69, 9.17) is 0 Å². The quantitative estimate of drug-likeness (QED) is 0.633. The van der Waals surface area contributed by atoms with E-state index in [1.165, 1.54) is 0 Å². The van der Waals surface area contributed by atoms with Gasteiger partial charge in [-0.05, 0) is 43.0 Å². The Hall–Kier alpha value is -3.39. The van der Waals surface area contributed by atoms with Crippen molar-refractivity contribution in [1.29, 1.82) is 0 Å². The molecule has 2 amide bonds. The van der Waals surface area contributed by atoms with Crippen LogP contribution in [0, 0.1) is 0 Å². The van der Waals surface area contributed by atoms with Crippen molar-refractivity contribution in [1.82, 2.24) is 18.9 Å². The fourth-order valence-corrected chi connectivity index (χ4v) is 5.58. The summed E-state index contributed by atoms with van der Waals surface area (Å²) < 4.78 is 3.18. The van der Waals surface area contributed by atoms with Crippen molar-refractivity contribution in [2.75, 3.05) is 18.4 Å². The lowest BCUT2D eigenvalue weighted by Gasteiger charge is -2.33. The van der Waals surface area contributed by atoms with Gasteiger partial charge >= 0.3 is 5.69 Å². The highest BCUT2D eigenvalue weighted by Gasteiger charge is 2.41. The fourth-order valence-electron chi connectivity index (χ4n) is 5.58. The van der Waals surface area contributed by atoms with E-state index in [1.807, 2.05) is 41.3 Å². The number of likely N-dealkylation sites (tertiary alicyclic amines) is 2. The second-order valence-electron chi connectivity index (χ2n) is 9.45. The third-order valence-electron chi connectivity index (χ3n) is 7.33. The first-order valence-corrected chi connectivity index (χ1v) is 11.9. The molecule has 2 aliphatic rings. The van der Waals surface area contributed by atoms with E-state index in [9.17, 15) is 14.4 Å². The largest absolute Gasteiger partial charge is 0.334 e. The minimum Gasteiger partial charge on any atom is -0.334 e. The number of nitrogens with one attached hydrogen (secondary N) is 1. The van der Waals surface area contributed by atoms with Crippen LogP contribution >= 0.6 is 0 Å². The summed E-state index contributed by atoms with van der Waals surface area (Å²) in [5, 5.41) is 3.00. The molecule has 5 rings (SSSR count). The summed E-state index contributed by atoms with van der Waals surface area (Å²) in [5.74, 6) is 0.135. The van der Waals surface area contributed by atoms with Crippen LogP contribution in [-0.4, -0.2) is 55.9 Å². The Balaban J connectivity index is 1.28. The minimum absolute atomic E-state index is 0.0777. The Morgan fingerprint density at radius 3 is 2.53 bits per heavy atom. The number of rotatable bonds is 5. The van der Waals surface area contributed by atoms with E-state index in [0.717, 1.165) is 42.4 Å². The normalized spacial score (nSPS) is 21.0. The molecule has 8 heteroatoms. The van der Waals surface area contributed by atoms with E-state index < -0.39 is 0 Å². The number of aryl methyl sites for hydroxylation is 2. The molecule has 2 aromatic carbocycles. The third kappa shape index (κ3) is 4.14. The number of nitrogens with zero attached hydrogens (tertiary/aromatic N) is 4. The third-order valence-corrected chi connectivity index (χ3v) is 7.33. The van der Waals surface area contributed by atoms with Crippen molar-refractivity contribution in [2.24, 2.45) is 14.1 Å². The highest BCUT2D eigenvalue weighted by Crippen LogP contribution is 2.31. The summed E-state index contributed by atoms with van der Waals surface area (Å²) in [4.78, 5) is 42.3. The van der Waals surface area contributed by atoms with Crippen molar-refractivity contribution in [3.05, 3.63) is 64.6 Å². The van der Waals surface area contributed by atoms with Gasteiger partial charge in [-0.25, -0.2) is 4.79 Å². The molecule has 1 aromatic heterocycles. The van der Waals surface area contributed by atoms with Crippen molar-refractivity contribution in [3.8, 4) is 0 Å². The number of fused-ring (bicyclic) bond motifs is 2. The van der Waals surface area contributed by atoms with Crippen LogP contribution in [0.25, 0.3) is 11.0 Å². The molecule has 8 nitrogen and oxygen atoms in total. The van der Waals surface area contributed by atoms with Crippen molar-refractivity contribution in [2.45, 2.75) is 44.3 Å². The summed E-state index contributed by atoms with van der Waals surface area (Å²) in [5.41, 5.74) is 3.33. The van der Waals surface area contributed by atoms with Gasteiger partial charge in [-0.3, -0.25) is 23.6 Å². The zero-order valence-electron chi connectivity index (χ0n) is 19.7. The molecule has 0 bridgehead atoms. The van der Waals surface area contributed by atoms with Gasteiger partial charge in [-0.1, -0.05) is 30.3 Å². The van der Waals surface area contributed by atoms with Crippen LogP contribution in [0.1, 0.15) is 31.2 Å². The summed E-state index contributed by atoms with van der Waals surface area (Å²) in [6, 6.07) is 16.0. The predicted octanol–water partition coefficient (Wildman–Crippen LogP) is 2.47. The molecule has 2 atom stereocenters. The molecular weight excluding hydrogens is 430 g/mol. The Bertz CT molecular complexity index is 1280. The average molecular weight is 462 g/mol. The highest BCUT2D eigenvalue weighted by molar-refractivity contribution is 5.94. The lowest BCUT2D eigenvalue weighted by molar-refractivity contribution is -0.133.